The van der Waals surface area contributed by atoms with Crippen molar-refractivity contribution in [1.82, 2.24) is 0 Å². The number of rotatable bonds is 11. The molecule has 1 aromatic carbocycles. The van der Waals surface area contributed by atoms with E-state index in [0.29, 0.717) is 38.9 Å². The summed E-state index contributed by atoms with van der Waals surface area (Å²) in [6.07, 6.45) is 3.83. The number of esters is 2. The molecular weight excluding hydrogens is 368 g/mol. The lowest BCUT2D eigenvalue weighted by Gasteiger charge is -2.03. The Bertz CT molecular complexity index is 567. The topological polar surface area (TPSA) is 127 Å². The molecule has 2 N–H and O–H groups in total. The van der Waals surface area contributed by atoms with Gasteiger partial charge in [-0.05, 0) is 49.9 Å². The van der Waals surface area contributed by atoms with Gasteiger partial charge >= 0.3 is 23.9 Å². The van der Waals surface area contributed by atoms with E-state index in [1.165, 1.54) is 24.3 Å². The van der Waals surface area contributed by atoms with Crippen molar-refractivity contribution in [3.63, 3.8) is 0 Å². The van der Waals surface area contributed by atoms with Crippen molar-refractivity contribution in [1.29, 1.82) is 0 Å². The third-order valence-electron chi connectivity index (χ3n) is 3.32. The highest BCUT2D eigenvalue weighted by Gasteiger charge is 2.06. The Morgan fingerprint density at radius 1 is 0.714 bits per heavy atom. The number of unbranched alkanes of at least 4 members (excludes halogenated alkanes) is 1. The average Bonchev–Trinajstić information content (AvgIpc) is 2.68. The first-order chi connectivity index (χ1) is 13.3. The Balaban J connectivity index is 0.000000540. The molecule has 0 aliphatic heterocycles. The van der Waals surface area contributed by atoms with Crippen molar-refractivity contribution in [3.05, 3.63) is 35.4 Å². The number of carbonyl (C=O) groups excluding carboxylic acids is 2. The summed E-state index contributed by atoms with van der Waals surface area (Å²) in [7, 11) is 0. The second-order valence-corrected chi connectivity index (χ2v) is 5.84. The lowest BCUT2D eigenvalue weighted by molar-refractivity contribution is -0.145. The summed E-state index contributed by atoms with van der Waals surface area (Å²) in [5, 5.41) is 16.9. The van der Waals surface area contributed by atoms with Gasteiger partial charge in [0.05, 0.1) is 24.3 Å². The number of carbonyl (C=O) groups is 4. The monoisotopic (exact) mass is 396 g/mol. The molecule has 156 valence electrons. The van der Waals surface area contributed by atoms with Crippen LogP contribution in [-0.2, 0) is 19.1 Å². The molecule has 0 aromatic heterocycles. The third kappa shape index (κ3) is 12.5. The number of hydrogen-bond acceptors (Lipinski definition) is 6. The quantitative estimate of drug-likeness (QED) is 0.429. The average molecular weight is 396 g/mol. The molecule has 0 heterocycles. The summed E-state index contributed by atoms with van der Waals surface area (Å²) < 4.78 is 9.82. The van der Waals surface area contributed by atoms with Crippen LogP contribution in [0.5, 0.6) is 0 Å². The Morgan fingerprint density at radius 2 is 1.04 bits per heavy atom. The van der Waals surface area contributed by atoms with Crippen LogP contribution in [0.15, 0.2) is 24.3 Å². The Hall–Kier alpha value is -2.90. The van der Waals surface area contributed by atoms with E-state index >= 15 is 0 Å². The standard InChI is InChI=1S/C12H22O4.C8H6O4/c1-3-9-15-11(13)7-5-6-8-12(14)16-10-4-2;9-7(10)5-1-2-6(4-3-5)8(11)12/h3-10H2,1-2H3;1-4H,(H,9,10)(H,11,12). The van der Waals surface area contributed by atoms with E-state index in [4.69, 9.17) is 19.7 Å². The minimum atomic E-state index is -1.06. The first-order valence-corrected chi connectivity index (χ1v) is 9.19. The molecule has 28 heavy (non-hydrogen) atoms. The van der Waals surface area contributed by atoms with E-state index in [0.717, 1.165) is 12.8 Å². The number of carboxylic acids is 2. The molecule has 8 nitrogen and oxygen atoms in total. The van der Waals surface area contributed by atoms with E-state index in [2.05, 4.69) is 0 Å². The minimum Gasteiger partial charge on any atom is -0.478 e. The Morgan fingerprint density at radius 3 is 1.29 bits per heavy atom. The molecule has 0 saturated heterocycles. The summed E-state index contributed by atoms with van der Waals surface area (Å²) in [5.74, 6) is -2.48. The highest BCUT2D eigenvalue weighted by Crippen LogP contribution is 2.04. The number of hydrogen-bond donors (Lipinski definition) is 2. The molecule has 0 radical (unpaired) electrons. The smallest absolute Gasteiger partial charge is 0.335 e. The molecule has 0 atom stereocenters. The first kappa shape index (κ1) is 25.1. The molecule has 0 saturated carbocycles. The van der Waals surface area contributed by atoms with Crippen molar-refractivity contribution >= 4 is 23.9 Å². The Kier molecular flexibility index (Phi) is 13.6. The van der Waals surface area contributed by atoms with Crippen LogP contribution in [0.1, 0.15) is 73.1 Å². The molecule has 1 aromatic rings. The zero-order valence-corrected chi connectivity index (χ0v) is 16.3. The highest BCUT2D eigenvalue weighted by molar-refractivity contribution is 5.91. The van der Waals surface area contributed by atoms with Gasteiger partial charge in [-0.3, -0.25) is 9.59 Å². The van der Waals surface area contributed by atoms with E-state index in [1.54, 1.807) is 0 Å². The predicted octanol–water partition coefficient (Wildman–Crippen LogP) is 3.54. The Labute approximate surface area is 164 Å². The van der Waals surface area contributed by atoms with Gasteiger partial charge in [-0.1, -0.05) is 13.8 Å². The largest absolute Gasteiger partial charge is 0.478 e. The molecule has 0 spiro atoms. The second-order valence-electron chi connectivity index (χ2n) is 5.84. The van der Waals surface area contributed by atoms with Crippen LogP contribution in [0.3, 0.4) is 0 Å². The molecule has 0 bridgehead atoms. The fraction of sp³-hybridized carbons (Fsp3) is 0.500. The van der Waals surface area contributed by atoms with Gasteiger partial charge in [-0.15, -0.1) is 0 Å². The molecule has 1 rings (SSSR count). The van der Waals surface area contributed by atoms with Crippen LogP contribution in [0.25, 0.3) is 0 Å². The van der Waals surface area contributed by atoms with Crippen molar-refractivity contribution in [2.75, 3.05) is 13.2 Å². The van der Waals surface area contributed by atoms with Gasteiger partial charge in [-0.25, -0.2) is 9.59 Å². The van der Waals surface area contributed by atoms with Crippen molar-refractivity contribution < 1.29 is 38.9 Å². The molecule has 8 heteroatoms. The number of aromatic carboxylic acids is 2. The van der Waals surface area contributed by atoms with E-state index < -0.39 is 11.9 Å². The molecular formula is C20H28O8. The summed E-state index contributed by atoms with van der Waals surface area (Å²) in [6.45, 7) is 4.88. The van der Waals surface area contributed by atoms with Gasteiger partial charge in [0.15, 0.2) is 0 Å². The molecule has 0 amide bonds. The molecule has 0 aliphatic rings. The zero-order chi connectivity index (χ0) is 21.4. The molecule has 0 fully saturated rings. The lowest BCUT2D eigenvalue weighted by Crippen LogP contribution is -2.07. The third-order valence-corrected chi connectivity index (χ3v) is 3.32. The normalized spacial score (nSPS) is 9.64. The van der Waals surface area contributed by atoms with Crippen LogP contribution < -0.4 is 0 Å². The fourth-order valence-electron chi connectivity index (χ4n) is 1.87. The van der Waals surface area contributed by atoms with Gasteiger partial charge < -0.3 is 19.7 Å². The summed E-state index contributed by atoms with van der Waals surface area (Å²) in [6, 6.07) is 5.02. The van der Waals surface area contributed by atoms with E-state index in [-0.39, 0.29) is 23.1 Å². The van der Waals surface area contributed by atoms with Crippen LogP contribution in [0.4, 0.5) is 0 Å². The maximum atomic E-state index is 11.1. The summed E-state index contributed by atoms with van der Waals surface area (Å²) in [5.41, 5.74) is 0.167. The minimum absolute atomic E-state index is 0.0833. The maximum Gasteiger partial charge on any atom is 0.335 e. The number of benzene rings is 1. The fourth-order valence-corrected chi connectivity index (χ4v) is 1.87. The predicted molar refractivity (Wildman–Crippen MR) is 101 cm³/mol. The number of carboxylic acid groups (broad SMARTS) is 2. The van der Waals surface area contributed by atoms with Gasteiger partial charge in [0.25, 0.3) is 0 Å². The van der Waals surface area contributed by atoms with Crippen LogP contribution in [0, 0.1) is 0 Å². The molecule has 0 aliphatic carbocycles. The maximum absolute atomic E-state index is 11.1. The van der Waals surface area contributed by atoms with Gasteiger partial charge in [0, 0.05) is 12.8 Å². The first-order valence-electron chi connectivity index (χ1n) is 9.19. The van der Waals surface area contributed by atoms with Crippen LogP contribution in [0.2, 0.25) is 0 Å². The van der Waals surface area contributed by atoms with Crippen molar-refractivity contribution in [2.45, 2.75) is 52.4 Å². The van der Waals surface area contributed by atoms with E-state index in [9.17, 15) is 19.2 Å². The highest BCUT2D eigenvalue weighted by atomic mass is 16.5. The SMILES string of the molecule is CCCOC(=O)CCCCC(=O)OCCC.O=C(O)c1ccc(C(=O)O)cc1. The second kappa shape index (κ2) is 15.2. The van der Waals surface area contributed by atoms with Crippen molar-refractivity contribution in [3.8, 4) is 0 Å². The van der Waals surface area contributed by atoms with Gasteiger partial charge in [0.1, 0.15) is 0 Å². The summed E-state index contributed by atoms with van der Waals surface area (Å²) >= 11 is 0. The van der Waals surface area contributed by atoms with Gasteiger partial charge in [0.2, 0.25) is 0 Å². The van der Waals surface area contributed by atoms with E-state index in [1.807, 2.05) is 13.8 Å². The molecule has 0 unspecified atom stereocenters. The zero-order valence-electron chi connectivity index (χ0n) is 16.3. The van der Waals surface area contributed by atoms with Crippen LogP contribution >= 0.6 is 0 Å². The van der Waals surface area contributed by atoms with Gasteiger partial charge in [-0.2, -0.15) is 0 Å². The van der Waals surface area contributed by atoms with Crippen molar-refractivity contribution in [2.24, 2.45) is 0 Å². The number of ether oxygens (including phenoxy) is 2. The lowest BCUT2D eigenvalue weighted by atomic mass is 10.1. The summed E-state index contributed by atoms with van der Waals surface area (Å²) in [4.78, 5) is 42.8. The van der Waals surface area contributed by atoms with Crippen LogP contribution in [-0.4, -0.2) is 47.3 Å².